The van der Waals surface area contributed by atoms with E-state index in [1.54, 1.807) is 13.8 Å². The van der Waals surface area contributed by atoms with Crippen LogP contribution in [0.15, 0.2) is 0 Å². The summed E-state index contributed by atoms with van der Waals surface area (Å²) in [6.07, 6.45) is 5.85. The van der Waals surface area contributed by atoms with E-state index in [9.17, 15) is 9.90 Å². The fourth-order valence-electron chi connectivity index (χ4n) is 2.28. The number of carbonyl (C=O) groups excluding carboxylic acids is 1. The van der Waals surface area contributed by atoms with Gasteiger partial charge in [0.1, 0.15) is 6.29 Å². The van der Waals surface area contributed by atoms with Crippen LogP contribution in [0.2, 0.25) is 0 Å². The van der Waals surface area contributed by atoms with Gasteiger partial charge in [-0.3, -0.25) is 0 Å². The van der Waals surface area contributed by atoms with Gasteiger partial charge >= 0.3 is 0 Å². The molecule has 0 heterocycles. The van der Waals surface area contributed by atoms with Gasteiger partial charge < -0.3 is 9.90 Å². The number of aliphatic hydroxyl groups is 1. The summed E-state index contributed by atoms with van der Waals surface area (Å²) in [7, 11) is 0. The molecule has 1 aliphatic carbocycles. The maximum absolute atomic E-state index is 10.9. The molecule has 2 nitrogen and oxygen atoms in total. The molecule has 1 rings (SSSR count). The topological polar surface area (TPSA) is 37.3 Å². The molecule has 70 valence electrons. The van der Waals surface area contributed by atoms with Crippen molar-refractivity contribution in [1.82, 2.24) is 0 Å². The van der Waals surface area contributed by atoms with Crippen molar-refractivity contribution in [2.45, 2.75) is 51.6 Å². The standard InChI is InChI=1S/C10H18O2/c1-9(2,12)7-10(8-11)5-3-4-6-10/h8,12H,3-7H2,1-2H3. The Bertz CT molecular complexity index is 161. The molecule has 1 aliphatic rings. The molecule has 0 aromatic heterocycles. The van der Waals surface area contributed by atoms with Gasteiger partial charge in [0.05, 0.1) is 5.60 Å². The van der Waals surface area contributed by atoms with Crippen LogP contribution in [-0.4, -0.2) is 17.0 Å². The predicted octanol–water partition coefficient (Wildman–Crippen LogP) is 1.91. The van der Waals surface area contributed by atoms with Crippen LogP contribution in [0.3, 0.4) is 0 Å². The highest BCUT2D eigenvalue weighted by molar-refractivity contribution is 5.60. The van der Waals surface area contributed by atoms with Gasteiger partial charge in [-0.05, 0) is 33.1 Å². The van der Waals surface area contributed by atoms with Crippen molar-refractivity contribution in [3.63, 3.8) is 0 Å². The molecule has 1 N–H and O–H groups in total. The predicted molar refractivity (Wildman–Crippen MR) is 47.9 cm³/mol. The van der Waals surface area contributed by atoms with Gasteiger partial charge in [0, 0.05) is 5.41 Å². The lowest BCUT2D eigenvalue weighted by Gasteiger charge is -2.29. The summed E-state index contributed by atoms with van der Waals surface area (Å²) < 4.78 is 0. The Morgan fingerprint density at radius 3 is 2.25 bits per heavy atom. The first-order chi connectivity index (χ1) is 5.47. The van der Waals surface area contributed by atoms with E-state index in [1.807, 2.05) is 0 Å². The second-order valence-corrected chi connectivity index (χ2v) is 4.68. The monoisotopic (exact) mass is 170 g/mol. The highest BCUT2D eigenvalue weighted by atomic mass is 16.3. The van der Waals surface area contributed by atoms with Gasteiger partial charge in [-0.15, -0.1) is 0 Å². The highest BCUT2D eigenvalue weighted by Crippen LogP contribution is 2.42. The molecule has 0 spiro atoms. The summed E-state index contributed by atoms with van der Waals surface area (Å²) in [4.78, 5) is 10.9. The van der Waals surface area contributed by atoms with Crippen LogP contribution < -0.4 is 0 Å². The van der Waals surface area contributed by atoms with Crippen molar-refractivity contribution < 1.29 is 9.90 Å². The van der Waals surface area contributed by atoms with Crippen molar-refractivity contribution in [1.29, 1.82) is 0 Å². The van der Waals surface area contributed by atoms with E-state index >= 15 is 0 Å². The Balaban J connectivity index is 2.62. The van der Waals surface area contributed by atoms with Gasteiger partial charge in [-0.2, -0.15) is 0 Å². The average molecular weight is 170 g/mol. The van der Waals surface area contributed by atoms with Crippen LogP contribution in [0, 0.1) is 5.41 Å². The number of hydrogen-bond acceptors (Lipinski definition) is 2. The lowest BCUT2D eigenvalue weighted by atomic mass is 9.78. The summed E-state index contributed by atoms with van der Waals surface area (Å²) in [6, 6.07) is 0. The summed E-state index contributed by atoms with van der Waals surface area (Å²) in [5.41, 5.74) is -0.913. The van der Waals surface area contributed by atoms with Crippen molar-refractivity contribution in [3.8, 4) is 0 Å². The van der Waals surface area contributed by atoms with E-state index in [0.717, 1.165) is 32.0 Å². The lowest BCUT2D eigenvalue weighted by Crippen LogP contribution is -2.31. The zero-order valence-electron chi connectivity index (χ0n) is 7.97. The molecular formula is C10H18O2. The Morgan fingerprint density at radius 2 is 1.92 bits per heavy atom. The summed E-state index contributed by atoms with van der Waals surface area (Å²) in [5, 5.41) is 9.62. The second kappa shape index (κ2) is 3.17. The van der Waals surface area contributed by atoms with Crippen LogP contribution in [0.4, 0.5) is 0 Å². The summed E-state index contributed by atoms with van der Waals surface area (Å²) >= 11 is 0. The van der Waals surface area contributed by atoms with Crippen LogP contribution in [0.5, 0.6) is 0 Å². The van der Waals surface area contributed by atoms with E-state index < -0.39 is 5.60 Å². The minimum atomic E-state index is -0.703. The van der Waals surface area contributed by atoms with E-state index in [-0.39, 0.29) is 5.41 Å². The number of hydrogen-bond donors (Lipinski definition) is 1. The molecule has 0 saturated heterocycles. The Labute approximate surface area is 74.0 Å². The number of aldehydes is 1. The molecule has 0 aliphatic heterocycles. The maximum atomic E-state index is 10.9. The Hall–Kier alpha value is -0.370. The third-order valence-electron chi connectivity index (χ3n) is 2.63. The van der Waals surface area contributed by atoms with Gasteiger partial charge in [-0.25, -0.2) is 0 Å². The van der Waals surface area contributed by atoms with Gasteiger partial charge in [0.15, 0.2) is 0 Å². The molecule has 0 aromatic rings. The molecule has 0 amide bonds. The quantitative estimate of drug-likeness (QED) is 0.657. The average Bonchev–Trinajstić information content (AvgIpc) is 2.34. The molecule has 0 unspecified atom stereocenters. The van der Waals surface area contributed by atoms with Crippen molar-refractivity contribution in [2.75, 3.05) is 0 Å². The molecule has 12 heavy (non-hydrogen) atoms. The molecule has 2 heteroatoms. The molecule has 0 aromatic carbocycles. The summed E-state index contributed by atoms with van der Waals surface area (Å²) in [6.45, 7) is 3.55. The third kappa shape index (κ3) is 2.31. The second-order valence-electron chi connectivity index (χ2n) is 4.68. The van der Waals surface area contributed by atoms with E-state index in [0.29, 0.717) is 6.42 Å². The van der Waals surface area contributed by atoms with E-state index in [1.165, 1.54) is 0 Å². The van der Waals surface area contributed by atoms with Gasteiger partial charge in [0.2, 0.25) is 0 Å². The third-order valence-corrected chi connectivity index (χ3v) is 2.63. The molecule has 1 saturated carbocycles. The van der Waals surface area contributed by atoms with Crippen LogP contribution in [0.1, 0.15) is 46.0 Å². The lowest BCUT2D eigenvalue weighted by molar-refractivity contribution is -0.119. The largest absolute Gasteiger partial charge is 0.390 e. The SMILES string of the molecule is CC(C)(O)CC1(C=O)CCCC1. The van der Waals surface area contributed by atoms with Crippen LogP contribution in [-0.2, 0) is 4.79 Å². The first-order valence-electron chi connectivity index (χ1n) is 4.66. The molecule has 1 fully saturated rings. The molecular weight excluding hydrogens is 152 g/mol. The van der Waals surface area contributed by atoms with Gasteiger partial charge in [0.25, 0.3) is 0 Å². The Morgan fingerprint density at radius 1 is 1.42 bits per heavy atom. The first-order valence-corrected chi connectivity index (χ1v) is 4.66. The zero-order valence-corrected chi connectivity index (χ0v) is 7.97. The fourth-order valence-corrected chi connectivity index (χ4v) is 2.28. The van der Waals surface area contributed by atoms with Crippen LogP contribution in [0.25, 0.3) is 0 Å². The molecule has 0 atom stereocenters. The zero-order chi connectivity index (χ0) is 9.24. The minimum Gasteiger partial charge on any atom is -0.390 e. The van der Waals surface area contributed by atoms with Crippen molar-refractivity contribution >= 4 is 6.29 Å². The molecule has 0 bridgehead atoms. The highest BCUT2D eigenvalue weighted by Gasteiger charge is 2.37. The normalized spacial score (nSPS) is 22.6. The summed E-state index contributed by atoms with van der Waals surface area (Å²) in [5.74, 6) is 0. The number of carbonyl (C=O) groups is 1. The first kappa shape index (κ1) is 9.72. The van der Waals surface area contributed by atoms with Crippen molar-refractivity contribution in [2.24, 2.45) is 5.41 Å². The number of rotatable bonds is 3. The van der Waals surface area contributed by atoms with E-state index in [4.69, 9.17) is 0 Å². The fraction of sp³-hybridized carbons (Fsp3) is 0.900. The Kier molecular flexibility index (Phi) is 2.57. The van der Waals surface area contributed by atoms with Crippen molar-refractivity contribution in [3.05, 3.63) is 0 Å². The smallest absolute Gasteiger partial charge is 0.126 e. The van der Waals surface area contributed by atoms with E-state index in [2.05, 4.69) is 0 Å². The minimum absolute atomic E-state index is 0.210. The van der Waals surface area contributed by atoms with Crippen LogP contribution >= 0.6 is 0 Å². The van der Waals surface area contributed by atoms with Gasteiger partial charge in [-0.1, -0.05) is 12.8 Å². The maximum Gasteiger partial charge on any atom is 0.126 e. The molecule has 0 radical (unpaired) electrons.